The molecule has 0 bridgehead atoms. The minimum atomic E-state index is 0.270. The Morgan fingerprint density at radius 1 is 1.29 bits per heavy atom. The predicted octanol–water partition coefficient (Wildman–Crippen LogP) is 3.56. The Morgan fingerprint density at radius 3 is 2.57 bits per heavy atom. The third-order valence-electron chi connectivity index (χ3n) is 3.86. The molecule has 4 nitrogen and oxygen atoms in total. The van der Waals surface area contributed by atoms with E-state index in [2.05, 4.69) is 46.0 Å². The molecule has 1 aromatic heterocycles. The van der Waals surface area contributed by atoms with Crippen LogP contribution in [0.15, 0.2) is 10.5 Å². The number of furan rings is 1. The van der Waals surface area contributed by atoms with Gasteiger partial charge in [0.1, 0.15) is 18.1 Å². The average Bonchev–Trinajstić information content (AvgIpc) is 2.73. The summed E-state index contributed by atoms with van der Waals surface area (Å²) in [5, 5.41) is 3.38. The monoisotopic (exact) mass is 295 g/mol. The zero-order valence-electron chi connectivity index (χ0n) is 13.9. The topological polar surface area (TPSA) is 43.6 Å². The van der Waals surface area contributed by atoms with Crippen LogP contribution in [-0.4, -0.2) is 24.4 Å². The van der Waals surface area contributed by atoms with E-state index in [1.54, 1.807) is 0 Å². The number of nitrogens with one attached hydrogen (secondary N) is 1. The Morgan fingerprint density at radius 2 is 1.95 bits per heavy atom. The van der Waals surface area contributed by atoms with Crippen molar-refractivity contribution in [3.8, 4) is 0 Å². The minimum absolute atomic E-state index is 0.270. The van der Waals surface area contributed by atoms with E-state index in [1.807, 2.05) is 0 Å². The molecule has 1 aromatic rings. The zero-order chi connectivity index (χ0) is 15.4. The SMILES string of the molecule is Cc1cc(COC2CC(C)OC(C)C2)oc1CNC(C)C. The number of hydrogen-bond acceptors (Lipinski definition) is 4. The van der Waals surface area contributed by atoms with Crippen LogP contribution in [0.25, 0.3) is 0 Å². The van der Waals surface area contributed by atoms with Gasteiger partial charge in [-0.1, -0.05) is 13.8 Å². The zero-order valence-corrected chi connectivity index (χ0v) is 13.9. The van der Waals surface area contributed by atoms with Crippen LogP contribution < -0.4 is 5.32 Å². The maximum Gasteiger partial charge on any atom is 0.130 e. The minimum Gasteiger partial charge on any atom is -0.462 e. The van der Waals surface area contributed by atoms with E-state index in [9.17, 15) is 0 Å². The van der Waals surface area contributed by atoms with Gasteiger partial charge >= 0.3 is 0 Å². The molecule has 0 amide bonds. The van der Waals surface area contributed by atoms with Crippen LogP contribution in [0.3, 0.4) is 0 Å². The van der Waals surface area contributed by atoms with Crippen molar-refractivity contribution in [1.29, 1.82) is 0 Å². The fourth-order valence-electron chi connectivity index (χ4n) is 2.81. The molecule has 0 aliphatic carbocycles. The lowest BCUT2D eigenvalue weighted by atomic mass is 10.0. The van der Waals surface area contributed by atoms with Gasteiger partial charge in [-0.25, -0.2) is 0 Å². The molecule has 21 heavy (non-hydrogen) atoms. The summed E-state index contributed by atoms with van der Waals surface area (Å²) in [5.41, 5.74) is 1.19. The van der Waals surface area contributed by atoms with Gasteiger partial charge in [-0.05, 0) is 45.2 Å². The van der Waals surface area contributed by atoms with Crippen molar-refractivity contribution in [2.45, 2.75) is 85.0 Å². The molecule has 0 aromatic carbocycles. The number of hydrogen-bond donors (Lipinski definition) is 1. The van der Waals surface area contributed by atoms with Crippen LogP contribution in [0, 0.1) is 6.92 Å². The molecule has 1 fully saturated rings. The van der Waals surface area contributed by atoms with Gasteiger partial charge in [-0.3, -0.25) is 0 Å². The van der Waals surface area contributed by atoms with Crippen LogP contribution in [0.4, 0.5) is 0 Å². The molecule has 2 atom stereocenters. The van der Waals surface area contributed by atoms with E-state index in [4.69, 9.17) is 13.9 Å². The lowest BCUT2D eigenvalue weighted by Gasteiger charge is -2.31. The standard InChI is InChI=1S/C17H29NO3/c1-11(2)18-9-17-12(3)6-16(21-17)10-19-15-7-13(4)20-14(5)8-15/h6,11,13-15,18H,7-10H2,1-5H3. The van der Waals surface area contributed by atoms with Gasteiger partial charge in [0, 0.05) is 6.04 Å². The quantitative estimate of drug-likeness (QED) is 0.871. The van der Waals surface area contributed by atoms with Crippen LogP contribution in [0.1, 0.15) is 57.6 Å². The summed E-state index contributed by atoms with van der Waals surface area (Å²) in [6.07, 6.45) is 2.76. The summed E-state index contributed by atoms with van der Waals surface area (Å²) in [6, 6.07) is 2.54. The van der Waals surface area contributed by atoms with Crippen LogP contribution in [-0.2, 0) is 22.6 Å². The molecule has 0 spiro atoms. The molecule has 1 aliphatic rings. The molecule has 1 aliphatic heterocycles. The first-order valence-corrected chi connectivity index (χ1v) is 8.02. The maximum absolute atomic E-state index is 6.01. The summed E-state index contributed by atoms with van der Waals surface area (Å²) >= 11 is 0. The first kappa shape index (κ1) is 16.5. The van der Waals surface area contributed by atoms with Gasteiger partial charge in [-0.2, -0.15) is 0 Å². The van der Waals surface area contributed by atoms with Gasteiger partial charge in [0.15, 0.2) is 0 Å². The summed E-state index contributed by atoms with van der Waals surface area (Å²) < 4.78 is 17.6. The first-order chi connectivity index (χ1) is 9.94. The fraction of sp³-hybridized carbons (Fsp3) is 0.765. The third kappa shape index (κ3) is 5.13. The van der Waals surface area contributed by atoms with Crippen LogP contribution in [0.5, 0.6) is 0 Å². The van der Waals surface area contributed by atoms with Gasteiger partial charge in [0.2, 0.25) is 0 Å². The van der Waals surface area contributed by atoms with E-state index >= 15 is 0 Å². The molecule has 1 saturated heterocycles. The van der Waals surface area contributed by atoms with Crippen molar-refractivity contribution in [1.82, 2.24) is 5.32 Å². The van der Waals surface area contributed by atoms with Crippen LogP contribution in [0.2, 0.25) is 0 Å². The Kier molecular flexibility index (Phi) is 5.85. The highest BCUT2D eigenvalue weighted by molar-refractivity contribution is 5.19. The van der Waals surface area contributed by atoms with Crippen molar-refractivity contribution in [3.05, 3.63) is 23.2 Å². The van der Waals surface area contributed by atoms with Crippen molar-refractivity contribution >= 4 is 0 Å². The Hall–Kier alpha value is -0.840. The molecule has 2 rings (SSSR count). The molecule has 4 heteroatoms. The smallest absolute Gasteiger partial charge is 0.130 e. The van der Waals surface area contributed by atoms with Crippen molar-refractivity contribution in [2.24, 2.45) is 0 Å². The Labute approximate surface area is 128 Å². The number of rotatable bonds is 6. The second kappa shape index (κ2) is 7.43. The van der Waals surface area contributed by atoms with Crippen molar-refractivity contribution in [2.75, 3.05) is 0 Å². The lowest BCUT2D eigenvalue weighted by molar-refractivity contribution is -0.108. The molecule has 0 saturated carbocycles. The molecule has 120 valence electrons. The number of ether oxygens (including phenoxy) is 2. The third-order valence-corrected chi connectivity index (χ3v) is 3.86. The summed E-state index contributed by atoms with van der Waals surface area (Å²) in [6.45, 7) is 11.9. The molecule has 1 N–H and O–H groups in total. The van der Waals surface area contributed by atoms with E-state index in [-0.39, 0.29) is 18.3 Å². The van der Waals surface area contributed by atoms with Crippen molar-refractivity contribution < 1.29 is 13.9 Å². The number of aryl methyl sites for hydroxylation is 1. The fourth-order valence-corrected chi connectivity index (χ4v) is 2.81. The van der Waals surface area contributed by atoms with Crippen molar-refractivity contribution in [3.63, 3.8) is 0 Å². The molecule has 2 unspecified atom stereocenters. The highest BCUT2D eigenvalue weighted by Crippen LogP contribution is 2.23. The van der Waals surface area contributed by atoms with Crippen LogP contribution >= 0.6 is 0 Å². The summed E-state index contributed by atoms with van der Waals surface area (Å²) in [5.74, 6) is 1.93. The first-order valence-electron chi connectivity index (χ1n) is 8.02. The van der Waals surface area contributed by atoms with E-state index in [0.717, 1.165) is 30.9 Å². The summed E-state index contributed by atoms with van der Waals surface area (Å²) in [7, 11) is 0. The highest BCUT2D eigenvalue weighted by Gasteiger charge is 2.25. The lowest BCUT2D eigenvalue weighted by Crippen LogP contribution is -2.33. The second-order valence-electron chi connectivity index (χ2n) is 6.52. The largest absolute Gasteiger partial charge is 0.462 e. The van der Waals surface area contributed by atoms with E-state index < -0.39 is 0 Å². The van der Waals surface area contributed by atoms with E-state index in [1.165, 1.54) is 5.56 Å². The molecular weight excluding hydrogens is 266 g/mol. The Balaban J connectivity index is 1.84. The molecule has 0 radical (unpaired) electrons. The second-order valence-corrected chi connectivity index (χ2v) is 6.52. The van der Waals surface area contributed by atoms with Gasteiger partial charge in [-0.15, -0.1) is 0 Å². The molecular formula is C17H29NO3. The highest BCUT2D eigenvalue weighted by atomic mass is 16.5. The molecule has 2 heterocycles. The average molecular weight is 295 g/mol. The van der Waals surface area contributed by atoms with E-state index in [0.29, 0.717) is 12.6 Å². The normalized spacial score (nSPS) is 26.5. The summed E-state index contributed by atoms with van der Waals surface area (Å²) in [4.78, 5) is 0. The Bertz CT molecular complexity index is 431. The van der Waals surface area contributed by atoms with Gasteiger partial charge < -0.3 is 19.2 Å². The van der Waals surface area contributed by atoms with Gasteiger partial charge in [0.25, 0.3) is 0 Å². The maximum atomic E-state index is 6.01. The predicted molar refractivity (Wildman–Crippen MR) is 83.2 cm³/mol. The van der Waals surface area contributed by atoms with Gasteiger partial charge in [0.05, 0.1) is 24.9 Å².